The smallest absolute Gasteiger partial charge is 0.0984 e. The van der Waals surface area contributed by atoms with Crippen LogP contribution < -0.4 is 5.32 Å². The lowest BCUT2D eigenvalue weighted by molar-refractivity contribution is 0.0160. The maximum Gasteiger partial charge on any atom is 0.0984 e. The number of hydrogen-bond donors (Lipinski definition) is 1. The van der Waals surface area contributed by atoms with Gasteiger partial charge >= 0.3 is 0 Å². The Morgan fingerprint density at radius 3 is 2.95 bits per heavy atom. The fraction of sp³-hybridized carbons (Fsp3) is 0.412. The lowest BCUT2D eigenvalue weighted by atomic mass is 9.91. The van der Waals surface area contributed by atoms with Crippen LogP contribution in [-0.2, 0) is 17.6 Å². The van der Waals surface area contributed by atoms with E-state index >= 15 is 0 Å². The van der Waals surface area contributed by atoms with E-state index in [4.69, 9.17) is 4.74 Å². The molecule has 0 fully saturated rings. The Bertz CT molecular complexity index is 598. The molecule has 1 aliphatic rings. The van der Waals surface area contributed by atoms with Crippen LogP contribution in [0.3, 0.4) is 0 Å². The summed E-state index contributed by atoms with van der Waals surface area (Å²) < 4.78 is 7.32. The molecule has 0 aliphatic carbocycles. The van der Waals surface area contributed by atoms with Crippen LogP contribution in [0.1, 0.15) is 29.0 Å². The molecule has 1 aromatic carbocycles. The first kappa shape index (κ1) is 15.2. The van der Waals surface area contributed by atoms with Crippen molar-refractivity contribution in [2.75, 3.05) is 13.2 Å². The SMILES string of the molecule is CCNC(Cc1ccc(Br)s1)C1OCCc2ccccc21. The van der Waals surface area contributed by atoms with Gasteiger partial charge in [-0.2, -0.15) is 0 Å². The van der Waals surface area contributed by atoms with E-state index in [9.17, 15) is 0 Å². The lowest BCUT2D eigenvalue weighted by Gasteiger charge is -2.33. The first-order chi connectivity index (χ1) is 10.3. The number of fused-ring (bicyclic) bond motifs is 1. The average Bonchev–Trinajstić information content (AvgIpc) is 2.91. The first-order valence-corrected chi connectivity index (χ1v) is 9.06. The normalized spacial score (nSPS) is 19.2. The molecule has 1 aromatic heterocycles. The molecule has 3 rings (SSSR count). The molecule has 0 amide bonds. The van der Waals surface area contributed by atoms with Crippen molar-refractivity contribution in [3.8, 4) is 0 Å². The molecule has 112 valence electrons. The summed E-state index contributed by atoms with van der Waals surface area (Å²) >= 11 is 5.36. The minimum absolute atomic E-state index is 0.149. The highest BCUT2D eigenvalue weighted by Crippen LogP contribution is 2.32. The predicted octanol–water partition coefficient (Wildman–Crippen LogP) is 4.35. The van der Waals surface area contributed by atoms with Gasteiger partial charge in [-0.1, -0.05) is 31.2 Å². The molecule has 2 unspecified atom stereocenters. The Morgan fingerprint density at radius 2 is 2.19 bits per heavy atom. The van der Waals surface area contributed by atoms with Crippen LogP contribution in [-0.4, -0.2) is 19.2 Å². The van der Waals surface area contributed by atoms with Crippen LogP contribution in [0.2, 0.25) is 0 Å². The maximum absolute atomic E-state index is 6.13. The average molecular weight is 366 g/mol. The first-order valence-electron chi connectivity index (χ1n) is 7.45. The van der Waals surface area contributed by atoms with E-state index < -0.39 is 0 Å². The molecule has 0 spiro atoms. The summed E-state index contributed by atoms with van der Waals surface area (Å²) in [5.74, 6) is 0. The third-order valence-corrected chi connectivity index (χ3v) is 5.56. The number of hydrogen-bond acceptors (Lipinski definition) is 3. The Balaban J connectivity index is 1.84. The highest BCUT2D eigenvalue weighted by molar-refractivity contribution is 9.11. The number of nitrogens with one attached hydrogen (secondary N) is 1. The minimum atomic E-state index is 0.149. The molecule has 0 saturated carbocycles. The van der Waals surface area contributed by atoms with Crippen molar-refractivity contribution in [1.29, 1.82) is 0 Å². The highest BCUT2D eigenvalue weighted by Gasteiger charge is 2.28. The highest BCUT2D eigenvalue weighted by atomic mass is 79.9. The van der Waals surface area contributed by atoms with Gasteiger partial charge in [-0.25, -0.2) is 0 Å². The van der Waals surface area contributed by atoms with Gasteiger partial charge in [-0.3, -0.25) is 0 Å². The largest absolute Gasteiger partial charge is 0.372 e. The molecule has 1 aliphatic heterocycles. The number of rotatable bonds is 5. The predicted molar refractivity (Wildman–Crippen MR) is 92.0 cm³/mol. The third-order valence-electron chi connectivity index (χ3n) is 3.91. The number of benzene rings is 1. The summed E-state index contributed by atoms with van der Waals surface area (Å²) in [6, 6.07) is 13.3. The molecular formula is C17H20BrNOS. The molecule has 2 atom stereocenters. The van der Waals surface area contributed by atoms with E-state index in [-0.39, 0.29) is 6.10 Å². The Labute approximate surface area is 138 Å². The van der Waals surface area contributed by atoms with Crippen LogP contribution in [0.15, 0.2) is 40.2 Å². The zero-order chi connectivity index (χ0) is 14.7. The van der Waals surface area contributed by atoms with Gasteiger partial charge in [-0.05, 0) is 58.6 Å². The van der Waals surface area contributed by atoms with E-state index in [0.29, 0.717) is 6.04 Å². The molecule has 2 aromatic rings. The van der Waals surface area contributed by atoms with Gasteiger partial charge in [0.15, 0.2) is 0 Å². The van der Waals surface area contributed by atoms with E-state index in [1.165, 1.54) is 19.8 Å². The van der Waals surface area contributed by atoms with Gasteiger partial charge in [0.2, 0.25) is 0 Å². The van der Waals surface area contributed by atoms with Gasteiger partial charge in [0.25, 0.3) is 0 Å². The van der Waals surface area contributed by atoms with Crippen LogP contribution in [0.4, 0.5) is 0 Å². The van der Waals surface area contributed by atoms with Gasteiger partial charge < -0.3 is 10.1 Å². The molecule has 0 saturated heterocycles. The van der Waals surface area contributed by atoms with Crippen molar-refractivity contribution in [3.05, 3.63) is 56.2 Å². The van der Waals surface area contributed by atoms with Crippen molar-refractivity contribution in [3.63, 3.8) is 0 Å². The van der Waals surface area contributed by atoms with Gasteiger partial charge in [0, 0.05) is 10.9 Å². The molecular weight excluding hydrogens is 346 g/mol. The summed E-state index contributed by atoms with van der Waals surface area (Å²) in [5.41, 5.74) is 2.79. The number of ether oxygens (including phenoxy) is 1. The molecule has 21 heavy (non-hydrogen) atoms. The Morgan fingerprint density at radius 1 is 1.33 bits per heavy atom. The molecule has 0 radical (unpaired) electrons. The van der Waals surface area contributed by atoms with Crippen molar-refractivity contribution in [1.82, 2.24) is 5.32 Å². The minimum Gasteiger partial charge on any atom is -0.372 e. The lowest BCUT2D eigenvalue weighted by Crippen LogP contribution is -2.39. The summed E-state index contributed by atoms with van der Waals surface area (Å²) in [4.78, 5) is 1.39. The molecule has 2 nitrogen and oxygen atoms in total. The monoisotopic (exact) mass is 365 g/mol. The maximum atomic E-state index is 6.13. The fourth-order valence-electron chi connectivity index (χ4n) is 2.98. The van der Waals surface area contributed by atoms with E-state index in [1.807, 2.05) is 11.3 Å². The second-order valence-corrected chi connectivity index (χ2v) is 7.86. The fourth-order valence-corrected chi connectivity index (χ4v) is 4.53. The quantitative estimate of drug-likeness (QED) is 0.850. The topological polar surface area (TPSA) is 21.3 Å². The number of halogens is 1. The van der Waals surface area contributed by atoms with Crippen molar-refractivity contribution in [2.45, 2.75) is 31.9 Å². The van der Waals surface area contributed by atoms with Crippen molar-refractivity contribution >= 4 is 27.3 Å². The van der Waals surface area contributed by atoms with Crippen LogP contribution >= 0.6 is 27.3 Å². The molecule has 2 heterocycles. The number of likely N-dealkylation sites (N-methyl/N-ethyl adjacent to an activating group) is 1. The van der Waals surface area contributed by atoms with Gasteiger partial charge in [-0.15, -0.1) is 11.3 Å². The Hall–Kier alpha value is -0.680. The number of thiophene rings is 1. The Kier molecular flexibility index (Phi) is 5.11. The third kappa shape index (κ3) is 3.57. The summed E-state index contributed by atoms with van der Waals surface area (Å²) in [6.07, 6.45) is 2.18. The van der Waals surface area contributed by atoms with Gasteiger partial charge in [0.1, 0.15) is 0 Å². The molecule has 0 bridgehead atoms. The van der Waals surface area contributed by atoms with Gasteiger partial charge in [0.05, 0.1) is 16.5 Å². The summed E-state index contributed by atoms with van der Waals surface area (Å²) in [6.45, 7) is 3.93. The standard InChI is InChI=1S/C17H20BrNOS/c1-2-19-15(11-13-7-8-16(18)21-13)17-14-6-4-3-5-12(14)9-10-20-17/h3-8,15,17,19H,2,9-11H2,1H3. The van der Waals surface area contributed by atoms with E-state index in [1.54, 1.807) is 0 Å². The van der Waals surface area contributed by atoms with Crippen molar-refractivity contribution in [2.24, 2.45) is 0 Å². The van der Waals surface area contributed by atoms with E-state index in [2.05, 4.69) is 64.6 Å². The summed E-state index contributed by atoms with van der Waals surface area (Å²) in [7, 11) is 0. The van der Waals surface area contributed by atoms with Crippen LogP contribution in [0.5, 0.6) is 0 Å². The summed E-state index contributed by atoms with van der Waals surface area (Å²) in [5, 5.41) is 3.62. The molecule has 4 heteroatoms. The van der Waals surface area contributed by atoms with Crippen molar-refractivity contribution < 1.29 is 4.74 Å². The second kappa shape index (κ2) is 7.05. The zero-order valence-corrected chi connectivity index (χ0v) is 14.5. The molecule has 1 N–H and O–H groups in total. The van der Waals surface area contributed by atoms with Crippen LogP contribution in [0, 0.1) is 0 Å². The van der Waals surface area contributed by atoms with Crippen LogP contribution in [0.25, 0.3) is 0 Å². The van der Waals surface area contributed by atoms with E-state index in [0.717, 1.165) is 26.0 Å². The second-order valence-electron chi connectivity index (χ2n) is 5.31. The zero-order valence-electron chi connectivity index (χ0n) is 12.1.